The second-order valence-corrected chi connectivity index (χ2v) is 6.91. The Kier molecular flexibility index (Phi) is 4.10. The molecule has 7 heteroatoms. The molecule has 0 aliphatic rings. The van der Waals surface area contributed by atoms with E-state index >= 15 is 0 Å². The highest BCUT2D eigenvalue weighted by Crippen LogP contribution is 2.33. The fraction of sp³-hybridized carbons (Fsp3) is 0.0588. The molecule has 0 unspecified atom stereocenters. The second kappa shape index (κ2) is 6.54. The largest absolute Gasteiger partial charge is 0.304 e. The van der Waals surface area contributed by atoms with E-state index in [0.29, 0.717) is 6.54 Å². The first-order chi connectivity index (χ1) is 11.8. The van der Waals surface area contributed by atoms with Gasteiger partial charge in [0.25, 0.3) is 0 Å². The summed E-state index contributed by atoms with van der Waals surface area (Å²) in [5.41, 5.74) is 0.924. The highest BCUT2D eigenvalue weighted by molar-refractivity contribution is 7.99. The highest BCUT2D eigenvalue weighted by Gasteiger charge is 2.14. The lowest BCUT2D eigenvalue weighted by Gasteiger charge is -2.08. The number of benzene rings is 1. The summed E-state index contributed by atoms with van der Waals surface area (Å²) >= 11 is 3.13. The van der Waals surface area contributed by atoms with Crippen molar-refractivity contribution in [3.05, 3.63) is 60.8 Å². The van der Waals surface area contributed by atoms with Crippen LogP contribution in [0.3, 0.4) is 0 Å². The molecule has 0 saturated heterocycles. The van der Waals surface area contributed by atoms with Crippen molar-refractivity contribution in [3.8, 4) is 10.7 Å². The standard InChI is InChI=1S/C17H13N5S2/c1-2-9-22-11-18-21-17(22)24-16-12-6-3-4-7-13(12)19-15(20-16)14-8-5-10-23-14/h2-8,10-11H,1,9H2. The smallest absolute Gasteiger partial charge is 0.197 e. The van der Waals surface area contributed by atoms with Crippen LogP contribution >= 0.6 is 23.1 Å². The van der Waals surface area contributed by atoms with Crippen LogP contribution in [0, 0.1) is 0 Å². The van der Waals surface area contributed by atoms with Crippen LogP contribution in [0.2, 0.25) is 0 Å². The van der Waals surface area contributed by atoms with Gasteiger partial charge in [0.05, 0.1) is 10.4 Å². The highest BCUT2D eigenvalue weighted by atomic mass is 32.2. The third kappa shape index (κ3) is 2.83. The molecule has 0 N–H and O–H groups in total. The lowest BCUT2D eigenvalue weighted by molar-refractivity contribution is 0.724. The molecule has 24 heavy (non-hydrogen) atoms. The quantitative estimate of drug-likeness (QED) is 0.397. The van der Waals surface area contributed by atoms with E-state index in [-0.39, 0.29) is 0 Å². The second-order valence-electron chi connectivity index (χ2n) is 5.00. The van der Waals surface area contributed by atoms with E-state index in [1.165, 1.54) is 11.8 Å². The third-order valence-corrected chi connectivity index (χ3v) is 5.27. The Bertz CT molecular complexity index is 991. The maximum absolute atomic E-state index is 4.77. The Morgan fingerprint density at radius 2 is 2.08 bits per heavy atom. The van der Waals surface area contributed by atoms with E-state index in [9.17, 15) is 0 Å². The molecule has 0 atom stereocenters. The van der Waals surface area contributed by atoms with Gasteiger partial charge in [-0.05, 0) is 29.3 Å². The van der Waals surface area contributed by atoms with Gasteiger partial charge in [0.15, 0.2) is 11.0 Å². The Labute approximate surface area is 147 Å². The Balaban J connectivity index is 1.84. The number of hydrogen-bond acceptors (Lipinski definition) is 6. The van der Waals surface area contributed by atoms with E-state index in [4.69, 9.17) is 9.97 Å². The zero-order valence-corrected chi connectivity index (χ0v) is 14.3. The zero-order chi connectivity index (χ0) is 16.4. The summed E-state index contributed by atoms with van der Waals surface area (Å²) in [5.74, 6) is 0.737. The molecule has 0 bridgehead atoms. The zero-order valence-electron chi connectivity index (χ0n) is 12.7. The van der Waals surface area contributed by atoms with Gasteiger partial charge in [0.2, 0.25) is 0 Å². The van der Waals surface area contributed by atoms with Crippen LogP contribution in [0.25, 0.3) is 21.6 Å². The minimum atomic E-state index is 0.663. The monoisotopic (exact) mass is 351 g/mol. The van der Waals surface area contributed by atoms with Gasteiger partial charge in [-0.2, -0.15) is 0 Å². The number of aromatic nitrogens is 5. The summed E-state index contributed by atoms with van der Waals surface area (Å²) < 4.78 is 1.94. The molecule has 0 amide bonds. The van der Waals surface area contributed by atoms with Crippen molar-refractivity contribution in [1.82, 2.24) is 24.7 Å². The number of fused-ring (bicyclic) bond motifs is 1. The summed E-state index contributed by atoms with van der Waals surface area (Å²) in [6.45, 7) is 4.43. The van der Waals surface area contributed by atoms with Gasteiger partial charge in [0.1, 0.15) is 11.4 Å². The molecule has 118 valence electrons. The summed E-state index contributed by atoms with van der Waals surface area (Å²) in [5, 5.41) is 12.9. The SMILES string of the molecule is C=CCn1cnnc1Sc1nc(-c2cccs2)nc2ccccc12. The minimum Gasteiger partial charge on any atom is -0.304 e. The fourth-order valence-electron chi connectivity index (χ4n) is 2.32. The molecule has 0 fully saturated rings. The molecule has 1 aromatic carbocycles. The van der Waals surface area contributed by atoms with E-state index in [2.05, 4.69) is 16.8 Å². The fourth-order valence-corrected chi connectivity index (χ4v) is 3.89. The van der Waals surface area contributed by atoms with Crippen LogP contribution in [0.1, 0.15) is 0 Å². The minimum absolute atomic E-state index is 0.663. The molecule has 4 aromatic rings. The predicted molar refractivity (Wildman–Crippen MR) is 97.2 cm³/mol. The average Bonchev–Trinajstić information content (AvgIpc) is 3.28. The van der Waals surface area contributed by atoms with Gasteiger partial charge in [-0.3, -0.25) is 0 Å². The Morgan fingerprint density at radius 1 is 1.17 bits per heavy atom. The van der Waals surface area contributed by atoms with Gasteiger partial charge >= 0.3 is 0 Å². The number of thiophene rings is 1. The normalized spacial score (nSPS) is 11.0. The van der Waals surface area contributed by atoms with E-state index in [1.54, 1.807) is 17.7 Å². The van der Waals surface area contributed by atoms with Crippen LogP contribution in [-0.4, -0.2) is 24.7 Å². The van der Waals surface area contributed by atoms with Crippen LogP contribution in [-0.2, 0) is 6.54 Å². The van der Waals surface area contributed by atoms with E-state index in [1.807, 2.05) is 52.4 Å². The molecule has 3 heterocycles. The summed E-state index contributed by atoms with van der Waals surface area (Å²) in [6.07, 6.45) is 3.52. The number of allylic oxidation sites excluding steroid dienone is 1. The number of nitrogens with zero attached hydrogens (tertiary/aromatic N) is 5. The summed E-state index contributed by atoms with van der Waals surface area (Å²) in [6, 6.07) is 12.1. The van der Waals surface area contributed by atoms with E-state index in [0.717, 1.165) is 31.8 Å². The van der Waals surface area contributed by atoms with Gasteiger partial charge in [0, 0.05) is 11.9 Å². The summed E-state index contributed by atoms with van der Waals surface area (Å²) in [4.78, 5) is 10.5. The van der Waals surface area contributed by atoms with Gasteiger partial charge in [-0.15, -0.1) is 28.1 Å². The van der Waals surface area contributed by atoms with Crippen LogP contribution in [0.4, 0.5) is 0 Å². The molecule has 0 saturated carbocycles. The molecule has 0 radical (unpaired) electrons. The van der Waals surface area contributed by atoms with Gasteiger partial charge < -0.3 is 4.57 Å². The number of rotatable bonds is 5. The van der Waals surface area contributed by atoms with Crippen molar-refractivity contribution in [2.24, 2.45) is 0 Å². The third-order valence-electron chi connectivity index (χ3n) is 3.40. The summed E-state index contributed by atoms with van der Waals surface area (Å²) in [7, 11) is 0. The van der Waals surface area contributed by atoms with Crippen molar-refractivity contribution < 1.29 is 0 Å². The maximum atomic E-state index is 4.77. The lowest BCUT2D eigenvalue weighted by Crippen LogP contribution is -1.97. The van der Waals surface area contributed by atoms with Crippen LogP contribution in [0.5, 0.6) is 0 Å². The maximum Gasteiger partial charge on any atom is 0.197 e. The lowest BCUT2D eigenvalue weighted by atomic mass is 10.2. The molecule has 5 nitrogen and oxygen atoms in total. The topological polar surface area (TPSA) is 56.5 Å². The molecule has 0 aliphatic heterocycles. The van der Waals surface area contributed by atoms with Crippen LogP contribution < -0.4 is 0 Å². The Morgan fingerprint density at radius 3 is 2.92 bits per heavy atom. The van der Waals surface area contributed by atoms with Crippen molar-refractivity contribution in [2.75, 3.05) is 0 Å². The van der Waals surface area contributed by atoms with Crippen molar-refractivity contribution in [3.63, 3.8) is 0 Å². The molecule has 3 aromatic heterocycles. The molecule has 0 spiro atoms. The molecule has 0 aliphatic carbocycles. The van der Waals surface area contributed by atoms with Crippen LogP contribution in [0.15, 0.2) is 70.9 Å². The number of hydrogen-bond donors (Lipinski definition) is 0. The first-order valence-corrected chi connectivity index (χ1v) is 9.02. The first kappa shape index (κ1) is 15.0. The van der Waals surface area contributed by atoms with Gasteiger partial charge in [-0.25, -0.2) is 9.97 Å². The number of para-hydroxylation sites is 1. The first-order valence-electron chi connectivity index (χ1n) is 7.32. The van der Waals surface area contributed by atoms with Crippen molar-refractivity contribution in [1.29, 1.82) is 0 Å². The molecule has 4 rings (SSSR count). The molecular weight excluding hydrogens is 338 g/mol. The Hall–Kier alpha value is -2.51. The van der Waals surface area contributed by atoms with Crippen molar-refractivity contribution >= 4 is 34.0 Å². The molecular formula is C17H13N5S2. The van der Waals surface area contributed by atoms with E-state index < -0.39 is 0 Å². The van der Waals surface area contributed by atoms with Crippen molar-refractivity contribution in [2.45, 2.75) is 16.7 Å². The predicted octanol–water partition coefficient (Wildman–Crippen LogP) is 4.29. The van der Waals surface area contributed by atoms with Gasteiger partial charge in [-0.1, -0.05) is 30.3 Å². The average molecular weight is 351 g/mol.